The maximum atomic E-state index is 11.5. The number of fused-ring (bicyclic) bond motifs is 1. The Bertz CT molecular complexity index is 614. The lowest BCUT2D eigenvalue weighted by atomic mass is 10.1. The number of nitrogens with two attached hydrogens (primary N) is 1. The number of nitrogens with zero attached hydrogens (tertiary/aromatic N) is 2. The molecule has 0 bridgehead atoms. The zero-order chi connectivity index (χ0) is 15.4. The molecule has 0 amide bonds. The predicted molar refractivity (Wildman–Crippen MR) is 72.5 cm³/mol. The first-order chi connectivity index (χ1) is 9.82. The Morgan fingerprint density at radius 1 is 1.43 bits per heavy atom. The van der Waals surface area contributed by atoms with Gasteiger partial charge in [0, 0.05) is 11.8 Å². The van der Waals surface area contributed by atoms with Gasteiger partial charge in [0.2, 0.25) is 5.95 Å². The van der Waals surface area contributed by atoms with Crippen LogP contribution in [0.5, 0.6) is 0 Å². The molecule has 8 heteroatoms. The maximum absolute atomic E-state index is 11.5. The van der Waals surface area contributed by atoms with E-state index < -0.39 is 30.3 Å². The molecular weight excluding hydrogens is 278 g/mol. The Morgan fingerprint density at radius 2 is 2.10 bits per heavy atom. The first-order valence-electron chi connectivity index (χ1n) is 6.79. The number of aryl methyl sites for hydroxylation is 1. The van der Waals surface area contributed by atoms with Gasteiger partial charge in [0.1, 0.15) is 18.3 Å². The topological polar surface area (TPSA) is 109 Å². The quantitative estimate of drug-likeness (QED) is 0.760. The van der Waals surface area contributed by atoms with Gasteiger partial charge >= 0.3 is 0 Å². The number of aliphatic hydroxyl groups is 1. The zero-order valence-corrected chi connectivity index (χ0v) is 12.1. The molecule has 0 saturated carbocycles. The van der Waals surface area contributed by atoms with Crippen LogP contribution in [0, 0.1) is 6.92 Å². The standard InChI is InChI=1S/C13H19N3O5/c1-6-4-16(12(14)15-10(6)18)11-9-8(7(5-17)19-11)20-13(2,3)21-9/h4,7-9,11,17H,5H2,1-3H3,(H2,14,15,18)/t7-,8-,9-,11-/m1/s1. The Kier molecular flexibility index (Phi) is 3.28. The highest BCUT2D eigenvalue weighted by atomic mass is 16.8. The van der Waals surface area contributed by atoms with E-state index in [9.17, 15) is 9.90 Å². The summed E-state index contributed by atoms with van der Waals surface area (Å²) in [6, 6.07) is 0. The lowest BCUT2D eigenvalue weighted by Crippen LogP contribution is -2.31. The van der Waals surface area contributed by atoms with Crippen LogP contribution < -0.4 is 11.3 Å². The smallest absolute Gasteiger partial charge is 0.277 e. The van der Waals surface area contributed by atoms with E-state index in [4.69, 9.17) is 19.9 Å². The number of aliphatic hydroxyl groups excluding tert-OH is 1. The largest absolute Gasteiger partial charge is 0.394 e. The van der Waals surface area contributed by atoms with Gasteiger partial charge in [-0.1, -0.05) is 0 Å². The normalized spacial score (nSPS) is 34.1. The Morgan fingerprint density at radius 3 is 2.76 bits per heavy atom. The van der Waals surface area contributed by atoms with E-state index in [2.05, 4.69) is 4.98 Å². The molecule has 2 aliphatic rings. The van der Waals surface area contributed by atoms with Gasteiger partial charge in [0.25, 0.3) is 5.56 Å². The molecular formula is C13H19N3O5. The summed E-state index contributed by atoms with van der Waals surface area (Å²) in [5.41, 5.74) is 5.90. The number of hydrogen-bond donors (Lipinski definition) is 2. The third kappa shape index (κ3) is 2.34. The number of hydrogen-bond acceptors (Lipinski definition) is 7. The van der Waals surface area contributed by atoms with E-state index in [1.807, 2.05) is 0 Å². The van der Waals surface area contributed by atoms with Crippen LogP contribution in [0.2, 0.25) is 0 Å². The highest BCUT2D eigenvalue weighted by Crippen LogP contribution is 2.43. The Balaban J connectivity index is 1.99. The van der Waals surface area contributed by atoms with E-state index in [1.54, 1.807) is 31.5 Å². The van der Waals surface area contributed by atoms with E-state index in [0.717, 1.165) is 0 Å². The van der Waals surface area contributed by atoms with Crippen LogP contribution >= 0.6 is 0 Å². The number of ether oxygens (including phenoxy) is 3. The summed E-state index contributed by atoms with van der Waals surface area (Å²) >= 11 is 0. The minimum Gasteiger partial charge on any atom is -0.394 e. The second-order valence-corrected chi connectivity index (χ2v) is 5.81. The lowest BCUT2D eigenvalue weighted by Gasteiger charge is -2.25. The summed E-state index contributed by atoms with van der Waals surface area (Å²) in [4.78, 5) is 15.3. The molecule has 8 nitrogen and oxygen atoms in total. The minimum atomic E-state index is -0.763. The number of nitrogen functional groups attached to an aromatic ring is 1. The molecule has 1 aromatic heterocycles. The SMILES string of the molecule is Cc1cn([C@@H]2O[C@H](CO)[C@H]3OC(C)(C)O[C@H]32)c(N)nc1=O. The van der Waals surface area contributed by atoms with Crippen LogP contribution in [0.3, 0.4) is 0 Å². The fourth-order valence-corrected chi connectivity index (χ4v) is 2.81. The van der Waals surface area contributed by atoms with E-state index in [-0.39, 0.29) is 18.1 Å². The highest BCUT2D eigenvalue weighted by Gasteiger charge is 2.55. The molecule has 3 heterocycles. The monoisotopic (exact) mass is 297 g/mol. The second kappa shape index (κ2) is 4.77. The van der Waals surface area contributed by atoms with Crippen molar-refractivity contribution in [2.24, 2.45) is 0 Å². The van der Waals surface area contributed by atoms with Gasteiger partial charge in [0.05, 0.1) is 6.61 Å². The van der Waals surface area contributed by atoms with Crippen molar-refractivity contribution >= 4 is 5.95 Å². The van der Waals surface area contributed by atoms with Gasteiger partial charge < -0.3 is 25.1 Å². The summed E-state index contributed by atoms with van der Waals surface area (Å²) in [5.74, 6) is -0.720. The van der Waals surface area contributed by atoms with E-state index in [0.29, 0.717) is 5.56 Å². The van der Waals surface area contributed by atoms with Crippen LogP contribution in [0.15, 0.2) is 11.0 Å². The van der Waals surface area contributed by atoms with Gasteiger partial charge in [-0.15, -0.1) is 0 Å². The predicted octanol–water partition coefficient (Wildman–Crippen LogP) is -0.456. The molecule has 0 unspecified atom stereocenters. The van der Waals surface area contributed by atoms with Gasteiger partial charge in [-0.2, -0.15) is 4.98 Å². The van der Waals surface area contributed by atoms with E-state index >= 15 is 0 Å². The van der Waals surface area contributed by atoms with Crippen LogP contribution in [0.25, 0.3) is 0 Å². The third-order valence-corrected chi connectivity index (χ3v) is 3.73. The average molecular weight is 297 g/mol. The summed E-state index contributed by atoms with van der Waals surface area (Å²) in [6.07, 6.45) is -0.347. The number of rotatable bonds is 2. The van der Waals surface area contributed by atoms with Crippen LogP contribution in [-0.4, -0.2) is 45.4 Å². The molecule has 21 heavy (non-hydrogen) atoms. The van der Waals surface area contributed by atoms with Crippen molar-refractivity contribution in [3.05, 3.63) is 22.1 Å². The molecule has 4 atom stereocenters. The minimum absolute atomic E-state index is 0.0428. The molecule has 3 N–H and O–H groups in total. The van der Waals surface area contributed by atoms with Gasteiger partial charge in [-0.25, -0.2) is 0 Å². The zero-order valence-electron chi connectivity index (χ0n) is 12.1. The third-order valence-electron chi connectivity index (χ3n) is 3.73. The molecule has 116 valence electrons. The van der Waals surface area contributed by atoms with Crippen molar-refractivity contribution in [2.45, 2.75) is 51.1 Å². The average Bonchev–Trinajstić information content (AvgIpc) is 2.87. The molecule has 0 aromatic carbocycles. The summed E-state index contributed by atoms with van der Waals surface area (Å²) in [7, 11) is 0. The summed E-state index contributed by atoms with van der Waals surface area (Å²) in [5, 5.41) is 9.45. The first-order valence-corrected chi connectivity index (χ1v) is 6.79. The Labute approximate surface area is 121 Å². The van der Waals surface area contributed by atoms with Gasteiger partial charge in [-0.3, -0.25) is 9.36 Å². The van der Waals surface area contributed by atoms with Crippen LogP contribution in [-0.2, 0) is 14.2 Å². The fraction of sp³-hybridized carbons (Fsp3) is 0.692. The fourth-order valence-electron chi connectivity index (χ4n) is 2.81. The van der Waals surface area contributed by atoms with Crippen molar-refractivity contribution in [1.82, 2.24) is 9.55 Å². The molecule has 0 aliphatic carbocycles. The number of aromatic nitrogens is 2. The maximum Gasteiger partial charge on any atom is 0.277 e. The van der Waals surface area contributed by atoms with Crippen molar-refractivity contribution in [1.29, 1.82) is 0 Å². The van der Waals surface area contributed by atoms with Gasteiger partial charge in [-0.05, 0) is 20.8 Å². The molecule has 0 radical (unpaired) electrons. The van der Waals surface area contributed by atoms with E-state index in [1.165, 1.54) is 0 Å². The lowest BCUT2D eigenvalue weighted by molar-refractivity contribution is -0.200. The summed E-state index contributed by atoms with van der Waals surface area (Å²) in [6.45, 7) is 5.06. The molecule has 2 aliphatic heterocycles. The second-order valence-electron chi connectivity index (χ2n) is 5.81. The molecule has 3 rings (SSSR count). The molecule has 0 spiro atoms. The first kappa shape index (κ1) is 14.5. The van der Waals surface area contributed by atoms with Crippen LogP contribution in [0.1, 0.15) is 25.6 Å². The van der Waals surface area contributed by atoms with Crippen molar-refractivity contribution in [2.75, 3.05) is 12.3 Å². The number of anilines is 1. The molecule has 2 fully saturated rings. The Hall–Kier alpha value is -1.48. The highest BCUT2D eigenvalue weighted by molar-refractivity contribution is 5.22. The molecule has 2 saturated heterocycles. The van der Waals surface area contributed by atoms with Crippen LogP contribution in [0.4, 0.5) is 5.95 Å². The van der Waals surface area contributed by atoms with Crippen molar-refractivity contribution < 1.29 is 19.3 Å². The van der Waals surface area contributed by atoms with Crippen molar-refractivity contribution in [3.63, 3.8) is 0 Å². The van der Waals surface area contributed by atoms with Crippen molar-refractivity contribution in [3.8, 4) is 0 Å². The summed E-state index contributed by atoms with van der Waals surface area (Å²) < 4.78 is 19.0. The van der Waals surface area contributed by atoms with Gasteiger partial charge in [0.15, 0.2) is 12.0 Å². The molecule has 1 aromatic rings.